The second-order valence-electron chi connectivity index (χ2n) is 5.43. The highest BCUT2D eigenvalue weighted by molar-refractivity contribution is 9.09. The minimum Gasteiger partial charge on any atom is -0.356 e. The Hall–Kier alpha value is -0.0500. The van der Waals surface area contributed by atoms with E-state index in [4.69, 9.17) is 0 Å². The molecule has 0 aromatic carbocycles. The molecule has 1 aliphatic carbocycles. The normalized spacial score (nSPS) is 16.8. The standard InChI is InChI=1S/C14H26BrNO/c1-2-3-4-5-6-7-8-13(17)16-12-14(11-15)9-10-14/h2-12H2,1H3,(H,16,17). The molecular formula is C14H26BrNO. The molecule has 1 amide bonds. The monoisotopic (exact) mass is 303 g/mol. The van der Waals surface area contributed by atoms with Gasteiger partial charge in [-0.25, -0.2) is 0 Å². The van der Waals surface area contributed by atoms with Gasteiger partial charge in [-0.1, -0.05) is 55.0 Å². The Morgan fingerprint density at radius 1 is 1.18 bits per heavy atom. The lowest BCUT2D eigenvalue weighted by atomic mass is 10.1. The predicted molar refractivity (Wildman–Crippen MR) is 76.5 cm³/mol. The maximum atomic E-state index is 11.6. The van der Waals surface area contributed by atoms with E-state index in [1.807, 2.05) is 0 Å². The van der Waals surface area contributed by atoms with Crippen molar-refractivity contribution in [2.45, 2.75) is 64.7 Å². The van der Waals surface area contributed by atoms with Crippen LogP contribution in [0.4, 0.5) is 0 Å². The zero-order chi connectivity index (χ0) is 12.6. The van der Waals surface area contributed by atoms with Crippen LogP contribution < -0.4 is 5.32 Å². The fourth-order valence-electron chi connectivity index (χ4n) is 1.97. The summed E-state index contributed by atoms with van der Waals surface area (Å²) in [5, 5.41) is 4.09. The molecule has 1 aliphatic rings. The number of carbonyl (C=O) groups excluding carboxylic acids is 1. The number of hydrogen-bond acceptors (Lipinski definition) is 1. The largest absolute Gasteiger partial charge is 0.356 e. The van der Waals surface area contributed by atoms with E-state index in [0.29, 0.717) is 11.8 Å². The molecule has 0 saturated heterocycles. The number of rotatable bonds is 10. The molecule has 1 saturated carbocycles. The number of nitrogens with one attached hydrogen (secondary N) is 1. The Labute approximate surface area is 114 Å². The van der Waals surface area contributed by atoms with Crippen LogP contribution in [-0.4, -0.2) is 17.8 Å². The Morgan fingerprint density at radius 2 is 1.82 bits per heavy atom. The summed E-state index contributed by atoms with van der Waals surface area (Å²) in [4.78, 5) is 11.6. The maximum absolute atomic E-state index is 11.6. The van der Waals surface area contributed by atoms with Crippen LogP contribution >= 0.6 is 15.9 Å². The predicted octanol–water partition coefficient (Wildman–Crippen LogP) is 4.03. The minimum absolute atomic E-state index is 0.243. The highest BCUT2D eigenvalue weighted by Crippen LogP contribution is 2.46. The van der Waals surface area contributed by atoms with E-state index >= 15 is 0 Å². The van der Waals surface area contributed by atoms with Gasteiger partial charge >= 0.3 is 0 Å². The van der Waals surface area contributed by atoms with Gasteiger partial charge in [0.05, 0.1) is 0 Å². The van der Waals surface area contributed by atoms with Crippen LogP contribution in [0.3, 0.4) is 0 Å². The van der Waals surface area contributed by atoms with Crippen molar-refractivity contribution in [3.63, 3.8) is 0 Å². The Bertz CT molecular complexity index is 226. The van der Waals surface area contributed by atoms with Gasteiger partial charge in [-0.3, -0.25) is 4.79 Å². The Morgan fingerprint density at radius 3 is 2.41 bits per heavy atom. The summed E-state index contributed by atoms with van der Waals surface area (Å²) in [5.74, 6) is 0.243. The lowest BCUT2D eigenvalue weighted by Gasteiger charge is -2.12. The number of unbranched alkanes of at least 4 members (excludes halogenated alkanes) is 5. The first-order valence-corrected chi connectivity index (χ1v) is 8.17. The van der Waals surface area contributed by atoms with Crippen molar-refractivity contribution in [3.05, 3.63) is 0 Å². The first-order valence-electron chi connectivity index (χ1n) is 7.05. The highest BCUT2D eigenvalue weighted by atomic mass is 79.9. The van der Waals surface area contributed by atoms with E-state index in [1.165, 1.54) is 44.9 Å². The molecule has 1 fully saturated rings. The number of halogens is 1. The van der Waals surface area contributed by atoms with Crippen LogP contribution in [0.15, 0.2) is 0 Å². The molecule has 0 radical (unpaired) electrons. The van der Waals surface area contributed by atoms with Crippen molar-refractivity contribution >= 4 is 21.8 Å². The molecule has 2 nitrogen and oxygen atoms in total. The van der Waals surface area contributed by atoms with Crippen LogP contribution in [0.25, 0.3) is 0 Å². The van der Waals surface area contributed by atoms with Gasteiger partial charge in [0.25, 0.3) is 0 Å². The molecule has 0 aliphatic heterocycles. The van der Waals surface area contributed by atoms with Crippen LogP contribution in [0.5, 0.6) is 0 Å². The molecule has 0 aromatic rings. The molecular weight excluding hydrogens is 278 g/mol. The second kappa shape index (κ2) is 8.12. The number of hydrogen-bond donors (Lipinski definition) is 1. The summed E-state index contributed by atoms with van der Waals surface area (Å²) in [5.41, 5.74) is 0.400. The molecule has 1 N–H and O–H groups in total. The summed E-state index contributed by atoms with van der Waals surface area (Å²) in [7, 11) is 0. The van der Waals surface area contributed by atoms with E-state index in [1.54, 1.807) is 0 Å². The van der Waals surface area contributed by atoms with Crippen LogP contribution in [0.2, 0.25) is 0 Å². The average Bonchev–Trinajstić information content (AvgIpc) is 3.12. The van der Waals surface area contributed by atoms with Crippen LogP contribution in [0.1, 0.15) is 64.7 Å². The third-order valence-corrected chi connectivity index (χ3v) is 4.85. The lowest BCUT2D eigenvalue weighted by Crippen LogP contribution is -2.30. The zero-order valence-electron chi connectivity index (χ0n) is 11.1. The number of amides is 1. The van der Waals surface area contributed by atoms with Gasteiger partial charge in [0.2, 0.25) is 5.91 Å². The Balaban J connectivity index is 1.91. The van der Waals surface area contributed by atoms with E-state index in [2.05, 4.69) is 28.2 Å². The van der Waals surface area contributed by atoms with E-state index in [9.17, 15) is 4.79 Å². The quantitative estimate of drug-likeness (QED) is 0.479. The van der Waals surface area contributed by atoms with Gasteiger partial charge in [-0.2, -0.15) is 0 Å². The fourth-order valence-corrected chi connectivity index (χ4v) is 2.73. The molecule has 0 aromatic heterocycles. The number of carbonyl (C=O) groups is 1. The van der Waals surface area contributed by atoms with Crippen molar-refractivity contribution in [3.8, 4) is 0 Å². The molecule has 0 spiro atoms. The van der Waals surface area contributed by atoms with E-state index in [0.717, 1.165) is 18.3 Å². The molecule has 0 atom stereocenters. The molecule has 3 heteroatoms. The van der Waals surface area contributed by atoms with Gasteiger partial charge < -0.3 is 5.32 Å². The van der Waals surface area contributed by atoms with Crippen molar-refractivity contribution in [2.24, 2.45) is 5.41 Å². The first-order chi connectivity index (χ1) is 8.22. The Kier molecular flexibility index (Phi) is 7.17. The summed E-state index contributed by atoms with van der Waals surface area (Å²) >= 11 is 3.52. The van der Waals surface area contributed by atoms with Crippen molar-refractivity contribution in [1.29, 1.82) is 0 Å². The third kappa shape index (κ3) is 6.44. The second-order valence-corrected chi connectivity index (χ2v) is 5.99. The minimum atomic E-state index is 0.243. The molecule has 1 rings (SSSR count). The summed E-state index contributed by atoms with van der Waals surface area (Å²) in [6, 6.07) is 0. The zero-order valence-corrected chi connectivity index (χ0v) is 12.7. The van der Waals surface area contributed by atoms with Gasteiger partial charge in [-0.15, -0.1) is 0 Å². The highest BCUT2D eigenvalue weighted by Gasteiger charge is 2.41. The van der Waals surface area contributed by atoms with Crippen molar-refractivity contribution < 1.29 is 4.79 Å². The number of alkyl halides is 1. The lowest BCUT2D eigenvalue weighted by molar-refractivity contribution is -0.121. The average molecular weight is 304 g/mol. The fraction of sp³-hybridized carbons (Fsp3) is 0.929. The molecule has 0 heterocycles. The third-order valence-electron chi connectivity index (χ3n) is 3.66. The van der Waals surface area contributed by atoms with Crippen molar-refractivity contribution in [2.75, 3.05) is 11.9 Å². The van der Waals surface area contributed by atoms with Crippen LogP contribution in [-0.2, 0) is 4.79 Å². The summed E-state index contributed by atoms with van der Waals surface area (Å²) in [6.45, 7) is 3.10. The molecule has 0 unspecified atom stereocenters. The van der Waals surface area contributed by atoms with Gasteiger partial charge in [0, 0.05) is 18.3 Å². The topological polar surface area (TPSA) is 29.1 Å². The molecule has 0 bridgehead atoms. The van der Waals surface area contributed by atoms with Gasteiger partial charge in [-0.05, 0) is 24.7 Å². The summed E-state index contributed by atoms with van der Waals surface area (Å²) < 4.78 is 0. The molecule has 100 valence electrons. The van der Waals surface area contributed by atoms with E-state index < -0.39 is 0 Å². The van der Waals surface area contributed by atoms with E-state index in [-0.39, 0.29) is 5.91 Å². The first kappa shape index (κ1) is 15.0. The maximum Gasteiger partial charge on any atom is 0.220 e. The molecule has 17 heavy (non-hydrogen) atoms. The SMILES string of the molecule is CCCCCCCCC(=O)NCC1(CBr)CC1. The smallest absolute Gasteiger partial charge is 0.220 e. The van der Waals surface area contributed by atoms with Gasteiger partial charge in [0.15, 0.2) is 0 Å². The van der Waals surface area contributed by atoms with Crippen LogP contribution in [0, 0.1) is 5.41 Å². The summed E-state index contributed by atoms with van der Waals surface area (Å²) in [6.07, 6.45) is 10.7. The van der Waals surface area contributed by atoms with Gasteiger partial charge in [0.1, 0.15) is 0 Å². The van der Waals surface area contributed by atoms with Crippen molar-refractivity contribution in [1.82, 2.24) is 5.32 Å².